The predicted molar refractivity (Wildman–Crippen MR) is 101 cm³/mol. The number of hydrogen-bond donors (Lipinski definition) is 1. The van der Waals surface area contributed by atoms with Crippen molar-refractivity contribution in [2.24, 2.45) is 4.99 Å². The summed E-state index contributed by atoms with van der Waals surface area (Å²) in [6.07, 6.45) is 1.64. The van der Waals surface area contributed by atoms with Crippen LogP contribution in [0.5, 0.6) is 11.5 Å². The summed E-state index contributed by atoms with van der Waals surface area (Å²) >= 11 is 0. The Labute approximate surface area is 152 Å². The van der Waals surface area contributed by atoms with Crippen LogP contribution < -0.4 is 9.75 Å². The number of hydrazine groups is 1. The van der Waals surface area contributed by atoms with Gasteiger partial charge in [0.15, 0.2) is 18.5 Å². The lowest BCUT2D eigenvalue weighted by molar-refractivity contribution is -0.495. The van der Waals surface area contributed by atoms with Gasteiger partial charge < -0.3 is 9.84 Å². The summed E-state index contributed by atoms with van der Waals surface area (Å²) < 4.78 is 7.20. The number of ether oxygens (including phenoxy) is 1. The van der Waals surface area contributed by atoms with E-state index in [2.05, 4.69) is 4.99 Å². The zero-order chi connectivity index (χ0) is 18.7. The number of hydrogen-bond acceptors (Lipinski definition) is 4. The van der Waals surface area contributed by atoms with Gasteiger partial charge in [0.1, 0.15) is 5.69 Å². The molecule has 1 unspecified atom stereocenters. The van der Waals surface area contributed by atoms with Gasteiger partial charge in [-0.1, -0.05) is 23.2 Å². The maximum atomic E-state index is 12.9. The molecule has 3 rings (SSSR count). The van der Waals surface area contributed by atoms with Crippen LogP contribution in [0.25, 0.3) is 0 Å². The fraction of sp³-hybridized carbons (Fsp3) is 0.250. The van der Waals surface area contributed by atoms with E-state index in [0.717, 1.165) is 17.0 Å². The second-order valence-corrected chi connectivity index (χ2v) is 5.99. The van der Waals surface area contributed by atoms with Gasteiger partial charge in [-0.3, -0.25) is 9.79 Å². The molecule has 0 bridgehead atoms. The number of phenols is 1. The van der Waals surface area contributed by atoms with Gasteiger partial charge in [0, 0.05) is 13.1 Å². The number of aromatic hydroxyl groups is 1. The van der Waals surface area contributed by atoms with Crippen molar-refractivity contribution >= 4 is 23.5 Å². The first-order valence-electron chi connectivity index (χ1n) is 8.48. The van der Waals surface area contributed by atoms with E-state index in [1.807, 2.05) is 55.9 Å². The predicted octanol–water partition coefficient (Wildman–Crippen LogP) is 2.64. The van der Waals surface area contributed by atoms with Crippen molar-refractivity contribution in [1.82, 2.24) is 0 Å². The Hall–Kier alpha value is -3.15. The number of phenolic OH excluding ortho intramolecular Hbond substituents is 1. The van der Waals surface area contributed by atoms with Crippen molar-refractivity contribution in [2.75, 3.05) is 18.7 Å². The van der Waals surface area contributed by atoms with Gasteiger partial charge in [0.2, 0.25) is 11.8 Å². The van der Waals surface area contributed by atoms with Gasteiger partial charge >= 0.3 is 5.91 Å². The Morgan fingerprint density at radius 2 is 2.00 bits per heavy atom. The molecule has 0 radical (unpaired) electrons. The summed E-state index contributed by atoms with van der Waals surface area (Å²) in [6, 6.07) is 13.9. The quantitative estimate of drug-likeness (QED) is 0.665. The molecule has 2 aromatic rings. The first kappa shape index (κ1) is 17.7. The van der Waals surface area contributed by atoms with Crippen LogP contribution in [0.1, 0.15) is 19.4 Å². The number of para-hydroxylation sites is 1. The summed E-state index contributed by atoms with van der Waals surface area (Å²) in [5.74, 6) is 0.382. The van der Waals surface area contributed by atoms with Crippen LogP contribution in [0.3, 0.4) is 0 Å². The second-order valence-electron chi connectivity index (χ2n) is 5.99. The van der Waals surface area contributed by atoms with Crippen molar-refractivity contribution in [3.63, 3.8) is 0 Å². The minimum atomic E-state index is -0.579. The Bertz CT molecular complexity index is 875. The Kier molecular flexibility index (Phi) is 5.02. The second kappa shape index (κ2) is 7.39. The number of carbonyl (C=O) groups excluding carboxylic acids is 1. The molecule has 1 aliphatic heterocycles. The minimum Gasteiger partial charge on any atom is -0.504 e. The van der Waals surface area contributed by atoms with E-state index in [1.54, 1.807) is 29.4 Å². The lowest BCUT2D eigenvalue weighted by atomic mass is 10.2. The molecule has 2 aromatic carbocycles. The highest BCUT2D eigenvalue weighted by Crippen LogP contribution is 2.26. The van der Waals surface area contributed by atoms with Crippen LogP contribution in [0.15, 0.2) is 53.5 Å². The minimum absolute atomic E-state index is 0.0821. The molecule has 134 valence electrons. The SMILES string of the molecule is CCOc1cc(C=NC2C(=O)N(c3ccccc3)[N+](C)=C2C)ccc1O. The van der Waals surface area contributed by atoms with E-state index < -0.39 is 6.04 Å². The number of hydrazone groups is 1. The van der Waals surface area contributed by atoms with Crippen molar-refractivity contribution in [2.45, 2.75) is 19.9 Å². The van der Waals surface area contributed by atoms with E-state index >= 15 is 0 Å². The maximum Gasteiger partial charge on any atom is 0.318 e. The summed E-state index contributed by atoms with van der Waals surface area (Å²) in [5.41, 5.74) is 2.41. The van der Waals surface area contributed by atoms with Gasteiger partial charge in [-0.05, 0) is 42.8 Å². The van der Waals surface area contributed by atoms with E-state index in [9.17, 15) is 9.90 Å². The monoisotopic (exact) mass is 352 g/mol. The molecule has 0 saturated carbocycles. The van der Waals surface area contributed by atoms with Crippen LogP contribution in [0, 0.1) is 0 Å². The topological polar surface area (TPSA) is 65.1 Å². The van der Waals surface area contributed by atoms with Crippen LogP contribution in [-0.2, 0) is 4.79 Å². The smallest absolute Gasteiger partial charge is 0.318 e. The average Bonchev–Trinajstić information content (AvgIpc) is 2.86. The van der Waals surface area contributed by atoms with Crippen LogP contribution >= 0.6 is 0 Å². The Morgan fingerprint density at radius 3 is 2.69 bits per heavy atom. The third-order valence-corrected chi connectivity index (χ3v) is 4.31. The highest BCUT2D eigenvalue weighted by Gasteiger charge is 2.44. The average molecular weight is 352 g/mol. The fourth-order valence-corrected chi connectivity index (χ4v) is 2.86. The molecule has 1 amide bonds. The van der Waals surface area contributed by atoms with Crippen molar-refractivity contribution in [3.05, 3.63) is 54.1 Å². The lowest BCUT2D eigenvalue weighted by Crippen LogP contribution is -2.35. The normalized spacial score (nSPS) is 17.4. The molecule has 1 atom stereocenters. The van der Waals surface area contributed by atoms with E-state index in [-0.39, 0.29) is 11.7 Å². The summed E-state index contributed by atoms with van der Waals surface area (Å²) in [6.45, 7) is 4.20. The van der Waals surface area contributed by atoms with Crippen molar-refractivity contribution < 1.29 is 19.3 Å². The first-order chi connectivity index (χ1) is 12.5. The maximum absolute atomic E-state index is 12.9. The summed E-state index contributed by atoms with van der Waals surface area (Å²) in [5, 5.41) is 11.4. The van der Waals surface area contributed by atoms with Crippen LogP contribution in [0.4, 0.5) is 5.69 Å². The number of carbonyl (C=O) groups is 1. The molecule has 0 saturated heterocycles. The van der Waals surface area contributed by atoms with E-state index in [1.165, 1.54) is 0 Å². The molecular formula is C20H22N3O3+. The van der Waals surface area contributed by atoms with Crippen LogP contribution in [0.2, 0.25) is 0 Å². The number of nitrogens with zero attached hydrogens (tertiary/aromatic N) is 3. The van der Waals surface area contributed by atoms with Gasteiger partial charge in [-0.15, -0.1) is 4.68 Å². The van der Waals surface area contributed by atoms with Gasteiger partial charge in [-0.25, -0.2) is 0 Å². The Morgan fingerprint density at radius 1 is 1.27 bits per heavy atom. The molecule has 1 aliphatic rings. The number of benzene rings is 2. The molecule has 0 spiro atoms. The lowest BCUT2D eigenvalue weighted by Gasteiger charge is -2.11. The molecule has 0 aromatic heterocycles. The van der Waals surface area contributed by atoms with Gasteiger partial charge in [0.05, 0.1) is 6.61 Å². The molecule has 6 nitrogen and oxygen atoms in total. The highest BCUT2D eigenvalue weighted by atomic mass is 16.5. The molecule has 0 fully saturated rings. The highest BCUT2D eigenvalue weighted by molar-refractivity contribution is 6.15. The standard InChI is InChI=1S/C20H21N3O3/c1-4-26-18-12-15(10-11-17(18)24)13-21-19-14(2)22(3)23(20(19)25)16-8-6-5-7-9-16/h5-13,19H,4H2,1-3H3/p+1. The number of amides is 1. The fourth-order valence-electron chi connectivity index (χ4n) is 2.86. The van der Waals surface area contributed by atoms with Crippen molar-refractivity contribution in [1.29, 1.82) is 0 Å². The third kappa shape index (κ3) is 3.31. The van der Waals surface area contributed by atoms with Gasteiger partial charge in [0.25, 0.3) is 0 Å². The van der Waals surface area contributed by atoms with E-state index in [0.29, 0.717) is 12.4 Å². The number of aliphatic imine (C=N–C) groups is 1. The number of rotatable bonds is 5. The van der Waals surface area contributed by atoms with Crippen LogP contribution in [-0.4, -0.2) is 47.3 Å². The zero-order valence-corrected chi connectivity index (χ0v) is 15.1. The molecule has 26 heavy (non-hydrogen) atoms. The number of anilines is 1. The summed E-state index contributed by atoms with van der Waals surface area (Å²) in [7, 11) is 1.85. The molecule has 0 aliphatic carbocycles. The largest absolute Gasteiger partial charge is 0.504 e. The van der Waals surface area contributed by atoms with E-state index in [4.69, 9.17) is 4.74 Å². The summed E-state index contributed by atoms with van der Waals surface area (Å²) in [4.78, 5) is 17.3. The molecule has 1 N–H and O–H groups in total. The molecular weight excluding hydrogens is 330 g/mol. The van der Waals surface area contributed by atoms with Gasteiger partial charge in [-0.2, -0.15) is 0 Å². The van der Waals surface area contributed by atoms with Crippen molar-refractivity contribution in [3.8, 4) is 11.5 Å². The molecule has 6 heteroatoms. The molecule has 1 heterocycles. The zero-order valence-electron chi connectivity index (χ0n) is 15.1. The Balaban J connectivity index is 1.85. The third-order valence-electron chi connectivity index (χ3n) is 4.31. The first-order valence-corrected chi connectivity index (χ1v) is 8.48.